The summed E-state index contributed by atoms with van der Waals surface area (Å²) in [6.07, 6.45) is 9.11. The third-order valence-electron chi connectivity index (χ3n) is 5.46. The number of H-pyrrole nitrogens is 1. The minimum atomic E-state index is -1.14. The summed E-state index contributed by atoms with van der Waals surface area (Å²) in [5.41, 5.74) is 0.608. The van der Waals surface area contributed by atoms with Crippen molar-refractivity contribution in [3.05, 3.63) is 18.2 Å². The lowest BCUT2D eigenvalue weighted by Gasteiger charge is -2.25. The van der Waals surface area contributed by atoms with Crippen molar-refractivity contribution < 1.29 is 24.3 Å². The molecule has 1 aromatic heterocycles. The van der Waals surface area contributed by atoms with Crippen LogP contribution in [-0.4, -0.2) is 93.5 Å². The van der Waals surface area contributed by atoms with Gasteiger partial charge in [-0.2, -0.15) is 23.5 Å². The highest BCUT2D eigenvalue weighted by molar-refractivity contribution is 7.98. The summed E-state index contributed by atoms with van der Waals surface area (Å²) in [6.45, 7) is 0.757. The first-order valence-corrected chi connectivity index (χ1v) is 14.0. The Morgan fingerprint density at radius 1 is 1.06 bits per heavy atom. The summed E-state index contributed by atoms with van der Waals surface area (Å²) in [6, 6.07) is -3.25. The fraction of sp³-hybridized carbons (Fsp3) is 0.667. The molecule has 0 aliphatic carbocycles. The maximum Gasteiger partial charge on any atom is 0.326 e. The molecule has 4 unspecified atom stereocenters. The van der Waals surface area contributed by atoms with E-state index in [9.17, 15) is 24.3 Å². The van der Waals surface area contributed by atoms with Crippen LogP contribution in [0.2, 0.25) is 0 Å². The summed E-state index contributed by atoms with van der Waals surface area (Å²) in [7, 11) is 0. The Hall–Kier alpha value is -2.25. The second-order valence-corrected chi connectivity index (χ2v) is 9.99. The van der Waals surface area contributed by atoms with E-state index in [1.54, 1.807) is 11.8 Å². The van der Waals surface area contributed by atoms with Gasteiger partial charge >= 0.3 is 5.97 Å². The Morgan fingerprint density at radius 2 is 1.71 bits per heavy atom. The lowest BCUT2D eigenvalue weighted by Crippen LogP contribution is -2.57. The van der Waals surface area contributed by atoms with Crippen LogP contribution in [0, 0.1) is 0 Å². The van der Waals surface area contributed by atoms with Gasteiger partial charge in [-0.15, -0.1) is 0 Å². The maximum absolute atomic E-state index is 13.2. The molecule has 1 aliphatic rings. The number of aromatic amines is 1. The highest BCUT2D eigenvalue weighted by Gasteiger charge is 2.31. The fourth-order valence-corrected chi connectivity index (χ4v) is 4.49. The predicted octanol–water partition coefficient (Wildman–Crippen LogP) is -0.251. The van der Waals surface area contributed by atoms with Gasteiger partial charge in [0.1, 0.15) is 18.1 Å². The smallest absolute Gasteiger partial charge is 0.326 e. The van der Waals surface area contributed by atoms with E-state index in [1.165, 1.54) is 24.3 Å². The van der Waals surface area contributed by atoms with E-state index in [4.69, 9.17) is 0 Å². The number of aliphatic carboxylic acids is 1. The molecule has 34 heavy (non-hydrogen) atoms. The van der Waals surface area contributed by atoms with E-state index in [1.807, 2.05) is 12.5 Å². The summed E-state index contributed by atoms with van der Waals surface area (Å²) in [5.74, 6) is -1.27. The molecule has 190 valence electrons. The van der Waals surface area contributed by atoms with E-state index in [0.29, 0.717) is 30.0 Å². The standard InChI is InChI=1S/C21H34N6O5S2/c1-33-8-5-15(25-18(28)14-4-3-7-23-14)19(29)27-17(10-13-11-22-12-24-13)20(30)26-16(21(31)32)6-9-34-2/h11-12,14-17,23H,3-10H2,1-2H3,(H,22,24)(H,25,28)(H,26,30)(H,27,29)(H,31,32). The molecule has 4 atom stereocenters. The highest BCUT2D eigenvalue weighted by atomic mass is 32.2. The van der Waals surface area contributed by atoms with Crippen molar-refractivity contribution in [1.82, 2.24) is 31.2 Å². The SMILES string of the molecule is CSCCC(NC(=O)C(Cc1cnc[nH]1)NC(=O)C(CCSC)NC(=O)C1CCCN1)C(=O)O. The summed E-state index contributed by atoms with van der Waals surface area (Å²) < 4.78 is 0. The number of amides is 3. The number of hydrogen-bond acceptors (Lipinski definition) is 8. The number of nitrogens with zero attached hydrogens (tertiary/aromatic N) is 1. The van der Waals surface area contributed by atoms with Crippen molar-refractivity contribution in [3.8, 4) is 0 Å². The van der Waals surface area contributed by atoms with Gasteiger partial charge in [-0.25, -0.2) is 9.78 Å². The zero-order chi connectivity index (χ0) is 24.9. The van der Waals surface area contributed by atoms with Crippen LogP contribution in [0.3, 0.4) is 0 Å². The van der Waals surface area contributed by atoms with Crippen LogP contribution >= 0.6 is 23.5 Å². The molecule has 1 aliphatic heterocycles. The molecule has 0 radical (unpaired) electrons. The number of hydrogen-bond donors (Lipinski definition) is 6. The average molecular weight is 515 g/mol. The molecule has 13 heteroatoms. The molecule has 1 fully saturated rings. The molecular formula is C21H34N6O5S2. The van der Waals surface area contributed by atoms with Crippen LogP contribution in [0.1, 0.15) is 31.4 Å². The molecule has 0 aromatic carbocycles. The monoisotopic (exact) mass is 514 g/mol. The number of carboxylic acid groups (broad SMARTS) is 1. The van der Waals surface area contributed by atoms with Gasteiger partial charge in [0.2, 0.25) is 17.7 Å². The van der Waals surface area contributed by atoms with Crippen LogP contribution in [0.4, 0.5) is 0 Å². The van der Waals surface area contributed by atoms with E-state index in [-0.39, 0.29) is 24.8 Å². The highest BCUT2D eigenvalue weighted by Crippen LogP contribution is 2.09. The molecule has 11 nitrogen and oxygen atoms in total. The van der Waals surface area contributed by atoms with E-state index >= 15 is 0 Å². The quantitative estimate of drug-likeness (QED) is 0.185. The molecule has 1 saturated heterocycles. The molecule has 0 bridgehead atoms. The fourth-order valence-electron chi connectivity index (χ4n) is 3.55. The van der Waals surface area contributed by atoms with Crippen molar-refractivity contribution in [3.63, 3.8) is 0 Å². The van der Waals surface area contributed by atoms with Crippen molar-refractivity contribution in [2.45, 2.75) is 56.3 Å². The number of aromatic nitrogens is 2. The van der Waals surface area contributed by atoms with E-state index < -0.39 is 35.9 Å². The van der Waals surface area contributed by atoms with Gasteiger partial charge in [-0.3, -0.25) is 14.4 Å². The molecule has 1 aromatic rings. The van der Waals surface area contributed by atoms with Crippen molar-refractivity contribution in [2.75, 3.05) is 30.6 Å². The molecule has 0 saturated carbocycles. The topological polar surface area (TPSA) is 165 Å². The number of carbonyl (C=O) groups is 4. The van der Waals surface area contributed by atoms with Crippen LogP contribution in [-0.2, 0) is 25.6 Å². The minimum absolute atomic E-state index is 0.0970. The second kappa shape index (κ2) is 14.9. The first kappa shape index (κ1) is 28.0. The molecule has 0 spiro atoms. The number of nitrogens with one attached hydrogen (secondary N) is 5. The summed E-state index contributed by atoms with van der Waals surface area (Å²) in [5, 5.41) is 20.6. The first-order valence-electron chi connectivity index (χ1n) is 11.2. The number of rotatable bonds is 15. The lowest BCUT2D eigenvalue weighted by molar-refractivity contribution is -0.142. The predicted molar refractivity (Wildman–Crippen MR) is 133 cm³/mol. The van der Waals surface area contributed by atoms with Crippen LogP contribution < -0.4 is 21.3 Å². The molecule has 6 N–H and O–H groups in total. The minimum Gasteiger partial charge on any atom is -0.480 e. The zero-order valence-electron chi connectivity index (χ0n) is 19.5. The van der Waals surface area contributed by atoms with Gasteiger partial charge in [0.25, 0.3) is 0 Å². The number of carbonyl (C=O) groups excluding carboxylic acids is 3. The van der Waals surface area contributed by atoms with Crippen molar-refractivity contribution in [1.29, 1.82) is 0 Å². The number of thioether (sulfide) groups is 2. The molecule has 3 amide bonds. The van der Waals surface area contributed by atoms with Gasteiger partial charge in [0.05, 0.1) is 12.4 Å². The maximum atomic E-state index is 13.2. The normalized spacial score (nSPS) is 18.0. The largest absolute Gasteiger partial charge is 0.480 e. The average Bonchev–Trinajstić information content (AvgIpc) is 3.52. The number of carboxylic acids is 1. The molecule has 2 rings (SSSR count). The lowest BCUT2D eigenvalue weighted by atomic mass is 10.1. The molecule has 2 heterocycles. The Bertz CT molecular complexity index is 804. The Kier molecular flexibility index (Phi) is 12.3. The third-order valence-corrected chi connectivity index (χ3v) is 6.75. The third kappa shape index (κ3) is 9.18. The summed E-state index contributed by atoms with van der Waals surface area (Å²) in [4.78, 5) is 57.2. The van der Waals surface area contributed by atoms with Gasteiger partial charge in [-0.05, 0) is 56.2 Å². The van der Waals surface area contributed by atoms with E-state index in [0.717, 1.165) is 13.0 Å². The van der Waals surface area contributed by atoms with Gasteiger partial charge in [0, 0.05) is 18.3 Å². The Morgan fingerprint density at radius 3 is 2.26 bits per heavy atom. The zero-order valence-corrected chi connectivity index (χ0v) is 21.1. The number of imidazole rings is 1. The summed E-state index contributed by atoms with van der Waals surface area (Å²) >= 11 is 3.03. The first-order chi connectivity index (χ1) is 16.3. The van der Waals surface area contributed by atoms with Gasteiger partial charge in [-0.1, -0.05) is 0 Å². The van der Waals surface area contributed by atoms with Crippen molar-refractivity contribution >= 4 is 47.2 Å². The molecular weight excluding hydrogens is 480 g/mol. The Balaban J connectivity index is 2.12. The van der Waals surface area contributed by atoms with Gasteiger partial charge < -0.3 is 31.4 Å². The second-order valence-electron chi connectivity index (χ2n) is 8.01. The van der Waals surface area contributed by atoms with E-state index in [2.05, 4.69) is 31.2 Å². The van der Waals surface area contributed by atoms with Crippen LogP contribution in [0.25, 0.3) is 0 Å². The van der Waals surface area contributed by atoms with Crippen LogP contribution in [0.5, 0.6) is 0 Å². The van der Waals surface area contributed by atoms with Gasteiger partial charge in [0.15, 0.2) is 0 Å². The van der Waals surface area contributed by atoms with Crippen molar-refractivity contribution in [2.24, 2.45) is 0 Å². The Labute approximate surface area is 207 Å². The van der Waals surface area contributed by atoms with Crippen LogP contribution in [0.15, 0.2) is 12.5 Å².